The molecule has 5 fully saturated rings. The lowest BCUT2D eigenvalue weighted by Crippen LogP contribution is -2.59. The van der Waals surface area contributed by atoms with E-state index in [1.165, 1.54) is 23.5 Å². The maximum Gasteiger partial charge on any atom is 0.338 e. The molecule has 0 spiro atoms. The topological polar surface area (TPSA) is 128 Å². The lowest BCUT2D eigenvalue weighted by Gasteiger charge is -2.54. The molecule has 13 heteroatoms. The number of aliphatic imine (C=N–C) groups is 1. The number of aromatic nitrogens is 1. The van der Waals surface area contributed by atoms with Crippen molar-refractivity contribution < 1.29 is 28.6 Å². The summed E-state index contributed by atoms with van der Waals surface area (Å²) in [5.74, 6) is -0.998. The number of urea groups is 1. The van der Waals surface area contributed by atoms with Crippen LogP contribution in [0.3, 0.4) is 0 Å². The van der Waals surface area contributed by atoms with Gasteiger partial charge in [-0.2, -0.15) is 0 Å². The number of nitrogens with zero attached hydrogens (tertiary/aromatic N) is 5. The van der Waals surface area contributed by atoms with Crippen LogP contribution in [0.2, 0.25) is 0 Å². The van der Waals surface area contributed by atoms with Crippen molar-refractivity contribution in [3.63, 3.8) is 0 Å². The van der Waals surface area contributed by atoms with Gasteiger partial charge >= 0.3 is 18.0 Å². The van der Waals surface area contributed by atoms with E-state index in [0.29, 0.717) is 85.2 Å². The predicted octanol–water partition coefficient (Wildman–Crippen LogP) is 4.10. The van der Waals surface area contributed by atoms with E-state index in [1.807, 2.05) is 17.2 Å². The van der Waals surface area contributed by atoms with Crippen molar-refractivity contribution in [1.29, 1.82) is 0 Å². The maximum absolute atomic E-state index is 14.1. The maximum atomic E-state index is 14.1. The highest BCUT2D eigenvalue weighted by Gasteiger charge is 2.58. The SMILES string of the molecule is CCOC(=O)C1=C(CN2CCN3C(=O)N(C45CCC(C(=O)O)(CC4)CC5)C[C@@H]3C2)NC(c2nccs2)=N[C@H]1c1ccc(F)cc1C. The fraction of sp³-hybridized carbons (Fsp3) is 0.545. The molecule has 0 radical (unpaired) electrons. The number of aryl methyl sites for hydroxylation is 1. The summed E-state index contributed by atoms with van der Waals surface area (Å²) < 4.78 is 19.7. The lowest BCUT2D eigenvalue weighted by molar-refractivity contribution is -0.158. The molecule has 3 saturated carbocycles. The Morgan fingerprint density at radius 1 is 1.15 bits per heavy atom. The molecule has 2 saturated heterocycles. The number of carbonyl (C=O) groups excluding carboxylic acids is 2. The van der Waals surface area contributed by atoms with Crippen LogP contribution in [0.1, 0.15) is 67.6 Å². The summed E-state index contributed by atoms with van der Waals surface area (Å²) in [5, 5.41) is 15.8. The third kappa shape index (κ3) is 5.17. The predicted molar refractivity (Wildman–Crippen MR) is 169 cm³/mol. The molecule has 6 aliphatic rings. The van der Waals surface area contributed by atoms with Crippen LogP contribution in [0, 0.1) is 18.2 Å². The highest BCUT2D eigenvalue weighted by Crippen LogP contribution is 2.55. The Kier molecular flexibility index (Phi) is 7.87. The van der Waals surface area contributed by atoms with Gasteiger partial charge in [-0.1, -0.05) is 6.07 Å². The monoisotopic (exact) mass is 650 g/mol. The number of aliphatic carboxylic acids is 1. The first kappa shape index (κ1) is 30.8. The van der Waals surface area contributed by atoms with E-state index in [4.69, 9.17) is 9.73 Å². The molecule has 2 atom stereocenters. The van der Waals surface area contributed by atoms with Crippen LogP contribution >= 0.6 is 11.3 Å². The number of ether oxygens (including phenoxy) is 1. The second-order valence-electron chi connectivity index (χ2n) is 13.2. The lowest BCUT2D eigenvalue weighted by atomic mass is 9.57. The van der Waals surface area contributed by atoms with Crippen LogP contribution in [0.5, 0.6) is 0 Å². The van der Waals surface area contributed by atoms with Crippen molar-refractivity contribution in [3.05, 3.63) is 63.0 Å². The van der Waals surface area contributed by atoms with Crippen molar-refractivity contribution in [3.8, 4) is 0 Å². The number of nitrogens with one attached hydrogen (secondary N) is 1. The fourth-order valence-corrected chi connectivity index (χ4v) is 8.80. The number of carboxylic acid groups (broad SMARTS) is 1. The zero-order valence-electron chi connectivity index (χ0n) is 26.1. The number of amidine groups is 1. The number of esters is 1. The second kappa shape index (κ2) is 11.8. The number of benzene rings is 1. The first-order valence-electron chi connectivity index (χ1n) is 16.1. The van der Waals surface area contributed by atoms with E-state index in [1.54, 1.807) is 19.2 Å². The van der Waals surface area contributed by atoms with Gasteiger partial charge < -0.3 is 25.0 Å². The number of piperazine rings is 1. The highest BCUT2D eigenvalue weighted by molar-refractivity contribution is 7.11. The molecule has 244 valence electrons. The molecule has 2 bridgehead atoms. The first-order valence-corrected chi connectivity index (χ1v) is 17.0. The summed E-state index contributed by atoms with van der Waals surface area (Å²) in [4.78, 5) is 55.0. The number of carbonyl (C=O) groups is 3. The van der Waals surface area contributed by atoms with Gasteiger partial charge in [-0.15, -0.1) is 11.3 Å². The third-order valence-electron chi connectivity index (χ3n) is 10.8. The van der Waals surface area contributed by atoms with Crippen LogP contribution < -0.4 is 5.32 Å². The van der Waals surface area contributed by atoms with Gasteiger partial charge in [-0.05, 0) is 75.6 Å². The Morgan fingerprint density at radius 2 is 1.91 bits per heavy atom. The molecule has 2 aromatic rings. The van der Waals surface area contributed by atoms with Crippen molar-refractivity contribution in [2.75, 3.05) is 39.3 Å². The van der Waals surface area contributed by atoms with Crippen molar-refractivity contribution in [2.24, 2.45) is 10.4 Å². The molecular formula is C33H39FN6O5S. The average molecular weight is 651 g/mol. The Hall–Kier alpha value is -3.84. The van der Waals surface area contributed by atoms with Crippen molar-refractivity contribution >= 4 is 35.1 Å². The molecule has 1 aromatic heterocycles. The fourth-order valence-electron chi connectivity index (χ4n) is 8.22. The molecule has 3 aliphatic heterocycles. The van der Waals surface area contributed by atoms with Gasteiger partial charge in [-0.3, -0.25) is 14.7 Å². The molecule has 3 aliphatic carbocycles. The zero-order valence-corrected chi connectivity index (χ0v) is 26.9. The largest absolute Gasteiger partial charge is 0.481 e. The minimum atomic E-state index is -0.714. The number of amides is 2. The van der Waals surface area contributed by atoms with E-state index >= 15 is 0 Å². The molecule has 1 aromatic carbocycles. The summed E-state index contributed by atoms with van der Waals surface area (Å²) in [6, 6.07) is 3.83. The molecule has 2 amide bonds. The molecular weight excluding hydrogens is 611 g/mol. The number of rotatable bonds is 8. The average Bonchev–Trinajstić information content (AvgIpc) is 3.70. The number of halogens is 1. The van der Waals surface area contributed by atoms with Crippen LogP contribution in [0.15, 0.2) is 46.0 Å². The van der Waals surface area contributed by atoms with Crippen LogP contribution in [-0.2, 0) is 14.3 Å². The van der Waals surface area contributed by atoms with E-state index in [2.05, 4.69) is 20.1 Å². The molecule has 11 nitrogen and oxygen atoms in total. The Morgan fingerprint density at radius 3 is 2.57 bits per heavy atom. The minimum Gasteiger partial charge on any atom is -0.481 e. The normalized spacial score (nSPS) is 29.5. The van der Waals surface area contributed by atoms with Gasteiger partial charge in [0.05, 0.1) is 23.6 Å². The second-order valence-corrected chi connectivity index (χ2v) is 14.1. The zero-order chi connectivity index (χ0) is 32.2. The Labute approximate surface area is 271 Å². The third-order valence-corrected chi connectivity index (χ3v) is 11.6. The Bertz CT molecular complexity index is 1600. The molecule has 2 N–H and O–H groups in total. The van der Waals surface area contributed by atoms with Crippen LogP contribution in [-0.4, -0.2) is 99.5 Å². The van der Waals surface area contributed by atoms with E-state index in [9.17, 15) is 23.9 Å². The number of hydrogen-bond acceptors (Lipinski definition) is 9. The Balaban J connectivity index is 1.15. The quantitative estimate of drug-likeness (QED) is 0.409. The molecule has 8 rings (SSSR count). The summed E-state index contributed by atoms with van der Waals surface area (Å²) in [7, 11) is 0. The van der Waals surface area contributed by atoms with Crippen molar-refractivity contribution in [2.45, 2.75) is 70.0 Å². The minimum absolute atomic E-state index is 0.0128. The van der Waals surface area contributed by atoms with Crippen LogP contribution in [0.25, 0.3) is 0 Å². The van der Waals surface area contributed by atoms with E-state index in [0.717, 1.165) is 19.3 Å². The first-order chi connectivity index (χ1) is 22.1. The van der Waals surface area contributed by atoms with Crippen LogP contribution in [0.4, 0.5) is 9.18 Å². The summed E-state index contributed by atoms with van der Waals surface area (Å²) in [5.41, 5.74) is 1.54. The summed E-state index contributed by atoms with van der Waals surface area (Å²) >= 11 is 1.44. The molecule has 4 heterocycles. The van der Waals surface area contributed by atoms with Gasteiger partial charge in [0.15, 0.2) is 10.8 Å². The number of thiazole rings is 1. The van der Waals surface area contributed by atoms with Gasteiger partial charge in [0.1, 0.15) is 11.9 Å². The summed E-state index contributed by atoms with van der Waals surface area (Å²) in [6.45, 7) is 6.59. The summed E-state index contributed by atoms with van der Waals surface area (Å²) in [6.07, 6.45) is 5.77. The number of fused-ring (bicyclic) bond motifs is 4. The van der Waals surface area contributed by atoms with Crippen molar-refractivity contribution in [1.82, 2.24) is 25.0 Å². The van der Waals surface area contributed by atoms with Gasteiger partial charge in [0, 0.05) is 55.5 Å². The van der Waals surface area contributed by atoms with E-state index in [-0.39, 0.29) is 30.0 Å². The number of hydrogen-bond donors (Lipinski definition) is 2. The van der Waals surface area contributed by atoms with Gasteiger partial charge in [-0.25, -0.2) is 19.0 Å². The smallest absolute Gasteiger partial charge is 0.338 e. The molecule has 46 heavy (non-hydrogen) atoms. The standard InChI is InChI=1S/C33H39FN6O5S/c1-3-45-29(41)25-24(36-27(28-35-12-15-46-28)37-26(25)23-5-4-21(34)16-20(23)2)19-38-13-14-39-22(17-38)18-40(31(39)44)33-9-6-32(7-10-33,8-11-33)30(42)43/h4-5,12,15-16,22,26H,3,6-11,13-14,17-19H2,1-2H3,(H,36,37)(H,42,43)/t22-,26-,32?,33?/m0/s1. The highest BCUT2D eigenvalue weighted by atomic mass is 32.1. The molecule has 0 unspecified atom stereocenters. The van der Waals surface area contributed by atoms with Gasteiger partial charge in [0.25, 0.3) is 0 Å². The number of carboxylic acids is 1. The van der Waals surface area contributed by atoms with Gasteiger partial charge in [0.2, 0.25) is 0 Å². The van der Waals surface area contributed by atoms with E-state index < -0.39 is 23.4 Å².